The average Bonchev–Trinajstić information content (AvgIpc) is 3.63. The topological polar surface area (TPSA) is 111 Å². The van der Waals surface area contributed by atoms with Crippen LogP contribution in [0.5, 0.6) is 69.0 Å². The van der Waals surface area contributed by atoms with E-state index >= 15 is 0 Å². The van der Waals surface area contributed by atoms with Crippen LogP contribution in [0.1, 0.15) is 83.7 Å². The van der Waals surface area contributed by atoms with E-state index in [0.29, 0.717) is 46.7 Å². The summed E-state index contributed by atoms with van der Waals surface area (Å²) in [5, 5.41) is 0. The minimum absolute atomic E-state index is 0.310. The lowest BCUT2D eigenvalue weighted by Crippen LogP contribution is -2.16. The second kappa shape index (κ2) is 32.1. The molecule has 0 spiro atoms. The van der Waals surface area contributed by atoms with Gasteiger partial charge in [-0.1, -0.05) is 122 Å². The van der Waals surface area contributed by atoms with E-state index in [1.54, 1.807) is 85.3 Å². The van der Waals surface area contributed by atoms with Crippen LogP contribution in [0.15, 0.2) is 158 Å². The molecule has 1 saturated carbocycles. The van der Waals surface area contributed by atoms with Crippen molar-refractivity contribution < 1.29 is 56.8 Å². The molecule has 4 atom stereocenters. The van der Waals surface area contributed by atoms with E-state index in [4.69, 9.17) is 56.8 Å². The minimum atomic E-state index is 0.310. The molecule has 12 heteroatoms. The van der Waals surface area contributed by atoms with E-state index in [1.165, 1.54) is 36.8 Å². The average molecular weight is 1140 g/mol. The van der Waals surface area contributed by atoms with Crippen molar-refractivity contribution in [2.24, 2.45) is 11.8 Å². The normalized spacial score (nSPS) is 16.3. The molecule has 1 fully saturated rings. The Hall–Kier alpha value is -8.90. The van der Waals surface area contributed by atoms with Crippen LogP contribution < -0.4 is 56.8 Å². The second-order valence-electron chi connectivity index (χ2n) is 20.0. The van der Waals surface area contributed by atoms with Gasteiger partial charge in [0.15, 0.2) is 69.0 Å². The standard InChI is InChI=1S/C24H30O4.C24H28O4.C24H24O4/c3*1-25-21-13-10-17(15-23(21)27-3)9-11-18-7-5-6-8-20(18)19-12-14-22(26-2)24(16-19)28-4/h9-16,18,20H,5-8H2,1-4H3;6,8-16,18,20H,5,7H2,1-4H3;5-16H,1-4H3/b3*11-9+/t2*18-,20?;/m11./s1. The fourth-order valence-electron chi connectivity index (χ4n) is 10.8. The van der Waals surface area contributed by atoms with E-state index in [9.17, 15) is 0 Å². The maximum atomic E-state index is 5.51. The Bertz CT molecular complexity index is 3340. The number of rotatable bonds is 21. The molecule has 84 heavy (non-hydrogen) atoms. The minimum Gasteiger partial charge on any atom is -0.493 e. The first-order chi connectivity index (χ1) is 41.1. The lowest BCUT2D eigenvalue weighted by Gasteiger charge is -2.30. The molecule has 0 amide bonds. The van der Waals surface area contributed by atoms with Gasteiger partial charge in [-0.15, -0.1) is 0 Å². The Morgan fingerprint density at radius 2 is 0.738 bits per heavy atom. The van der Waals surface area contributed by atoms with Gasteiger partial charge in [0.2, 0.25) is 0 Å². The molecule has 0 saturated heterocycles. The van der Waals surface area contributed by atoms with Gasteiger partial charge in [0.25, 0.3) is 0 Å². The molecule has 0 radical (unpaired) electrons. The molecule has 9 rings (SSSR count). The molecule has 7 aromatic carbocycles. The summed E-state index contributed by atoms with van der Waals surface area (Å²) in [7, 11) is 19.9. The number of allylic oxidation sites excluding steroid dienone is 4. The molecule has 2 unspecified atom stereocenters. The largest absolute Gasteiger partial charge is 0.493 e. The van der Waals surface area contributed by atoms with E-state index < -0.39 is 0 Å². The zero-order chi connectivity index (χ0) is 59.8. The van der Waals surface area contributed by atoms with Gasteiger partial charge in [0, 0.05) is 5.92 Å². The molecule has 0 aliphatic heterocycles. The second-order valence-corrected chi connectivity index (χ2v) is 20.0. The summed E-state index contributed by atoms with van der Waals surface area (Å²) < 4.78 is 64.7. The van der Waals surface area contributed by atoms with Gasteiger partial charge >= 0.3 is 0 Å². The first-order valence-electron chi connectivity index (χ1n) is 28.2. The SMILES string of the molecule is COc1ccc(/C=C/[C@H]2CCC=CC2c2ccc(OC)c(OC)c2)cc1OC.COc1ccc(/C=C/[C@H]2CCCCC2c2ccc(OC)c(OC)c2)cc1OC.COc1ccc(/C=C/c2ccccc2-c2ccc(OC)c(OC)c2)cc1OC. The third-order valence-electron chi connectivity index (χ3n) is 15.3. The van der Waals surface area contributed by atoms with Crippen LogP contribution in [0.3, 0.4) is 0 Å². The highest BCUT2D eigenvalue weighted by Crippen LogP contribution is 2.43. The van der Waals surface area contributed by atoms with E-state index in [1.807, 2.05) is 91.0 Å². The molecule has 0 N–H and O–H groups in total. The van der Waals surface area contributed by atoms with E-state index in [0.717, 1.165) is 92.2 Å². The molecular formula is C72H82O12. The summed E-state index contributed by atoms with van der Waals surface area (Å²) in [6.07, 6.45) is 24.8. The van der Waals surface area contributed by atoms with Gasteiger partial charge < -0.3 is 56.8 Å². The number of hydrogen-bond donors (Lipinski definition) is 0. The van der Waals surface area contributed by atoms with E-state index in [-0.39, 0.29) is 0 Å². The highest BCUT2D eigenvalue weighted by Gasteiger charge is 2.26. The first kappa shape index (κ1) is 62.7. The molecule has 0 aromatic heterocycles. The third kappa shape index (κ3) is 16.2. The zero-order valence-corrected chi connectivity index (χ0v) is 50.8. The van der Waals surface area contributed by atoms with Gasteiger partial charge in [-0.05, 0) is 161 Å². The molecule has 2 aliphatic rings. The Kier molecular flexibility index (Phi) is 23.9. The molecule has 0 heterocycles. The lowest BCUT2D eigenvalue weighted by atomic mass is 9.75. The summed E-state index contributed by atoms with van der Waals surface area (Å²) in [6.45, 7) is 0. The lowest BCUT2D eigenvalue weighted by molar-refractivity contribution is 0.346. The van der Waals surface area contributed by atoms with Crippen molar-refractivity contribution in [1.82, 2.24) is 0 Å². The maximum Gasteiger partial charge on any atom is 0.161 e. The Morgan fingerprint density at radius 1 is 0.333 bits per heavy atom. The van der Waals surface area contributed by atoms with Gasteiger partial charge in [-0.2, -0.15) is 0 Å². The summed E-state index contributed by atoms with van der Waals surface area (Å²) >= 11 is 0. The number of ether oxygens (including phenoxy) is 12. The molecule has 12 nitrogen and oxygen atoms in total. The monoisotopic (exact) mass is 1140 g/mol. The summed E-state index contributed by atoms with van der Waals surface area (Å²) in [5.74, 6) is 10.6. The predicted molar refractivity (Wildman–Crippen MR) is 339 cm³/mol. The number of methoxy groups -OCH3 is 12. The van der Waals surface area contributed by atoms with E-state index in [2.05, 4.69) is 91.1 Å². The molecule has 7 aromatic rings. The fraction of sp³-hybridized carbons (Fsp3) is 0.306. The van der Waals surface area contributed by atoms with Crippen molar-refractivity contribution in [2.75, 3.05) is 85.3 Å². The molecule has 442 valence electrons. The van der Waals surface area contributed by atoms with Crippen LogP contribution in [0.2, 0.25) is 0 Å². The van der Waals surface area contributed by atoms with Crippen LogP contribution in [-0.2, 0) is 0 Å². The Balaban J connectivity index is 0.000000181. The van der Waals surface area contributed by atoms with Crippen LogP contribution in [0.4, 0.5) is 0 Å². The zero-order valence-electron chi connectivity index (χ0n) is 50.8. The number of hydrogen-bond acceptors (Lipinski definition) is 12. The molecular weight excluding hydrogens is 1060 g/mol. The van der Waals surface area contributed by atoms with Gasteiger partial charge in [0.1, 0.15) is 0 Å². The van der Waals surface area contributed by atoms with Crippen LogP contribution in [-0.4, -0.2) is 85.3 Å². The van der Waals surface area contributed by atoms with Crippen LogP contribution >= 0.6 is 0 Å². The van der Waals surface area contributed by atoms with Crippen LogP contribution in [0.25, 0.3) is 35.4 Å². The maximum absolute atomic E-state index is 5.51. The van der Waals surface area contributed by atoms with Gasteiger partial charge in [-0.3, -0.25) is 0 Å². The van der Waals surface area contributed by atoms with Crippen molar-refractivity contribution in [3.63, 3.8) is 0 Å². The Labute approximate surface area is 497 Å². The highest BCUT2D eigenvalue weighted by molar-refractivity contribution is 5.82. The summed E-state index contributed by atoms with van der Waals surface area (Å²) in [6, 6.07) is 44.5. The smallest absolute Gasteiger partial charge is 0.161 e. The van der Waals surface area contributed by atoms with Crippen molar-refractivity contribution in [3.05, 3.63) is 191 Å². The Morgan fingerprint density at radius 3 is 1.25 bits per heavy atom. The van der Waals surface area contributed by atoms with Crippen molar-refractivity contribution >= 4 is 24.3 Å². The molecule has 2 aliphatic carbocycles. The molecule has 0 bridgehead atoms. The third-order valence-corrected chi connectivity index (χ3v) is 15.3. The van der Waals surface area contributed by atoms with Crippen LogP contribution in [0, 0.1) is 11.8 Å². The number of benzene rings is 7. The van der Waals surface area contributed by atoms with Crippen molar-refractivity contribution in [1.29, 1.82) is 0 Å². The first-order valence-corrected chi connectivity index (χ1v) is 28.2. The quantitative estimate of drug-likeness (QED) is 0.0505. The highest BCUT2D eigenvalue weighted by atomic mass is 16.5. The van der Waals surface area contributed by atoms with Gasteiger partial charge in [0.05, 0.1) is 85.3 Å². The van der Waals surface area contributed by atoms with Crippen molar-refractivity contribution in [3.8, 4) is 80.1 Å². The predicted octanol–water partition coefficient (Wildman–Crippen LogP) is 16.8. The van der Waals surface area contributed by atoms with Crippen molar-refractivity contribution in [2.45, 2.75) is 50.4 Å². The van der Waals surface area contributed by atoms with Gasteiger partial charge in [-0.25, -0.2) is 0 Å². The summed E-state index contributed by atoms with van der Waals surface area (Å²) in [4.78, 5) is 0. The summed E-state index contributed by atoms with van der Waals surface area (Å²) in [5.41, 5.74) is 9.07. The fourth-order valence-corrected chi connectivity index (χ4v) is 10.8.